The third-order valence-corrected chi connectivity index (χ3v) is 11.1. The van der Waals surface area contributed by atoms with E-state index in [1.54, 1.807) is 36.4 Å². The van der Waals surface area contributed by atoms with Gasteiger partial charge in [0.05, 0.1) is 23.7 Å². The van der Waals surface area contributed by atoms with E-state index in [-0.39, 0.29) is 29.6 Å². The van der Waals surface area contributed by atoms with Gasteiger partial charge >= 0.3 is 0 Å². The molecule has 270 valence electrons. The van der Waals surface area contributed by atoms with Crippen molar-refractivity contribution in [1.29, 1.82) is 0 Å². The first-order valence-corrected chi connectivity index (χ1v) is 20.2. The van der Waals surface area contributed by atoms with Crippen molar-refractivity contribution in [3.63, 3.8) is 0 Å². The second-order valence-electron chi connectivity index (χ2n) is 13.7. The van der Waals surface area contributed by atoms with Crippen molar-refractivity contribution in [2.75, 3.05) is 24.4 Å². The Labute approximate surface area is 296 Å². The van der Waals surface area contributed by atoms with Gasteiger partial charge in [0, 0.05) is 23.7 Å². The summed E-state index contributed by atoms with van der Waals surface area (Å²) in [5, 5.41) is 9.66. The second-order valence-corrected chi connectivity index (χ2v) is 15.4. The minimum absolute atomic E-state index is 0.00670. The van der Waals surface area contributed by atoms with Crippen LogP contribution in [0.25, 0.3) is 0 Å². The van der Waals surface area contributed by atoms with Gasteiger partial charge in [-0.05, 0) is 61.3 Å². The lowest BCUT2D eigenvalue weighted by Gasteiger charge is -2.43. The average Bonchev–Trinajstić information content (AvgIpc) is 3.12. The molecule has 0 bridgehead atoms. The van der Waals surface area contributed by atoms with E-state index in [1.165, 1.54) is 77.0 Å². The number of anilines is 1. The number of hydrogen-bond donors (Lipinski definition) is 2. The fourth-order valence-corrected chi connectivity index (χ4v) is 7.74. The first-order chi connectivity index (χ1) is 23.8. The molecule has 7 nitrogen and oxygen atoms in total. The lowest BCUT2D eigenvalue weighted by atomic mass is 9.90. The zero-order valence-electron chi connectivity index (χ0n) is 30.1. The Balaban J connectivity index is 1.54. The molecule has 3 aromatic rings. The van der Waals surface area contributed by atoms with E-state index in [0.717, 1.165) is 36.3 Å². The lowest BCUT2D eigenvalue weighted by Crippen LogP contribution is -2.45. The van der Waals surface area contributed by atoms with E-state index in [1.807, 2.05) is 42.5 Å². The van der Waals surface area contributed by atoms with Crippen LogP contribution in [0.2, 0.25) is 0 Å². The van der Waals surface area contributed by atoms with Gasteiger partial charge in [-0.15, -0.1) is 0 Å². The summed E-state index contributed by atoms with van der Waals surface area (Å²) in [6.07, 6.45) is 14.3. The quantitative estimate of drug-likeness (QED) is 0.102. The molecule has 2 N–H and O–H groups in total. The molecule has 0 aromatic heterocycles. The van der Waals surface area contributed by atoms with Crippen LogP contribution in [0.1, 0.15) is 127 Å². The smallest absolute Gasteiger partial charge is 0.261 e. The van der Waals surface area contributed by atoms with Crippen LogP contribution in [-0.2, 0) is 26.1 Å². The summed E-state index contributed by atoms with van der Waals surface area (Å²) >= 11 is 0. The lowest BCUT2D eigenvalue weighted by molar-refractivity contribution is -0.276. The Bertz CT molecular complexity index is 1430. The van der Waals surface area contributed by atoms with Crippen molar-refractivity contribution in [2.24, 2.45) is 5.92 Å². The van der Waals surface area contributed by atoms with Crippen LogP contribution in [-0.4, -0.2) is 44.2 Å². The predicted octanol–water partition coefficient (Wildman–Crippen LogP) is 9.79. The van der Waals surface area contributed by atoms with Crippen molar-refractivity contribution in [3.05, 3.63) is 95.6 Å². The molecule has 0 radical (unpaired) electrons. The van der Waals surface area contributed by atoms with Gasteiger partial charge in [-0.2, -0.15) is 0 Å². The fraction of sp³-hybridized carbons (Fsp3) is 0.561. The van der Waals surface area contributed by atoms with Crippen molar-refractivity contribution < 1.29 is 23.0 Å². The van der Waals surface area contributed by atoms with E-state index in [2.05, 4.69) is 30.4 Å². The van der Waals surface area contributed by atoms with E-state index in [4.69, 9.17) is 9.47 Å². The molecule has 1 fully saturated rings. The molecule has 1 aliphatic rings. The summed E-state index contributed by atoms with van der Waals surface area (Å²) in [5.41, 5.74) is 3.13. The summed E-state index contributed by atoms with van der Waals surface area (Å²) in [6, 6.07) is 23.7. The first-order valence-electron chi connectivity index (χ1n) is 18.8. The molecule has 0 amide bonds. The molecule has 1 saturated heterocycles. The maximum Gasteiger partial charge on any atom is 0.261 e. The molecule has 4 rings (SSSR count). The number of aliphatic hydroxyl groups is 1. The SMILES string of the molecule is CCCCCCCCN(CCCCCCCC)C[C@@H]1O[C@H](c2cccc(NS(=O)(=O)c3ccccc3)c2)O[C@H](c2ccc(CO)cc2)[C@@H]1C. The highest BCUT2D eigenvalue weighted by atomic mass is 32.2. The summed E-state index contributed by atoms with van der Waals surface area (Å²) < 4.78 is 42.5. The summed E-state index contributed by atoms with van der Waals surface area (Å²) in [7, 11) is -3.75. The van der Waals surface area contributed by atoms with Gasteiger partial charge in [0.1, 0.15) is 0 Å². The fourth-order valence-electron chi connectivity index (χ4n) is 6.67. The second kappa shape index (κ2) is 20.8. The number of ether oxygens (including phenoxy) is 2. The van der Waals surface area contributed by atoms with Crippen molar-refractivity contribution in [2.45, 2.75) is 128 Å². The number of unbranched alkanes of at least 4 members (excludes halogenated alkanes) is 10. The molecule has 0 unspecified atom stereocenters. The predicted molar refractivity (Wildman–Crippen MR) is 200 cm³/mol. The van der Waals surface area contributed by atoms with E-state index >= 15 is 0 Å². The Kier molecular flexibility index (Phi) is 16.6. The van der Waals surface area contributed by atoms with Crippen LogP contribution >= 0.6 is 0 Å². The van der Waals surface area contributed by atoms with Crippen LogP contribution in [0.3, 0.4) is 0 Å². The summed E-state index contributed by atoms with van der Waals surface area (Å²) in [4.78, 5) is 2.82. The minimum atomic E-state index is -3.75. The Morgan fingerprint density at radius 3 is 1.94 bits per heavy atom. The molecular weight excluding hydrogens is 633 g/mol. The summed E-state index contributed by atoms with van der Waals surface area (Å²) in [6.45, 7) is 9.67. The van der Waals surface area contributed by atoms with E-state index in [0.29, 0.717) is 5.69 Å². The van der Waals surface area contributed by atoms with Gasteiger partial charge in [-0.25, -0.2) is 8.42 Å². The number of benzene rings is 3. The van der Waals surface area contributed by atoms with Crippen LogP contribution < -0.4 is 4.72 Å². The number of hydrogen-bond acceptors (Lipinski definition) is 6. The first kappa shape index (κ1) is 39.0. The topological polar surface area (TPSA) is 88.1 Å². The third-order valence-electron chi connectivity index (χ3n) is 9.68. The normalized spacial score (nSPS) is 19.7. The molecule has 0 saturated carbocycles. The van der Waals surface area contributed by atoms with Crippen molar-refractivity contribution in [3.8, 4) is 0 Å². The van der Waals surface area contributed by atoms with Gasteiger partial charge in [0.2, 0.25) is 0 Å². The van der Waals surface area contributed by atoms with Gasteiger partial charge in [-0.3, -0.25) is 4.72 Å². The molecule has 1 aliphatic heterocycles. The molecule has 3 aromatic carbocycles. The maximum atomic E-state index is 13.1. The molecule has 8 heteroatoms. The van der Waals surface area contributed by atoms with Crippen LogP contribution in [0.5, 0.6) is 0 Å². The van der Waals surface area contributed by atoms with E-state index < -0.39 is 16.3 Å². The number of rotatable bonds is 22. The summed E-state index contributed by atoms with van der Waals surface area (Å²) in [5.74, 6) is 0.0765. The Morgan fingerprint density at radius 2 is 1.33 bits per heavy atom. The van der Waals surface area contributed by atoms with Gasteiger partial charge < -0.3 is 19.5 Å². The van der Waals surface area contributed by atoms with Gasteiger partial charge in [-0.1, -0.05) is 140 Å². The zero-order chi connectivity index (χ0) is 34.9. The van der Waals surface area contributed by atoms with Gasteiger partial charge in [0.15, 0.2) is 6.29 Å². The number of nitrogens with zero attached hydrogens (tertiary/aromatic N) is 1. The Hall–Kier alpha value is -2.75. The maximum absolute atomic E-state index is 13.1. The van der Waals surface area contributed by atoms with E-state index in [9.17, 15) is 13.5 Å². The highest BCUT2D eigenvalue weighted by Crippen LogP contribution is 2.42. The van der Waals surface area contributed by atoms with Crippen LogP contribution in [0.15, 0.2) is 83.8 Å². The van der Waals surface area contributed by atoms with Crippen LogP contribution in [0.4, 0.5) is 5.69 Å². The van der Waals surface area contributed by atoms with Crippen molar-refractivity contribution in [1.82, 2.24) is 4.90 Å². The molecular formula is C41H60N2O5S. The largest absolute Gasteiger partial charge is 0.392 e. The number of sulfonamides is 1. The zero-order valence-corrected chi connectivity index (χ0v) is 30.9. The minimum Gasteiger partial charge on any atom is -0.392 e. The molecule has 1 heterocycles. The highest BCUT2D eigenvalue weighted by Gasteiger charge is 2.39. The van der Waals surface area contributed by atoms with Crippen LogP contribution in [0, 0.1) is 5.92 Å². The highest BCUT2D eigenvalue weighted by molar-refractivity contribution is 7.92. The van der Waals surface area contributed by atoms with Gasteiger partial charge in [0.25, 0.3) is 10.0 Å². The van der Waals surface area contributed by atoms with Crippen molar-refractivity contribution >= 4 is 15.7 Å². The molecule has 0 aliphatic carbocycles. The Morgan fingerprint density at radius 1 is 0.714 bits per heavy atom. The molecule has 0 spiro atoms. The monoisotopic (exact) mass is 692 g/mol. The standard InChI is InChI=1S/C41H60N2O5S/c1-4-6-8-10-12-17-28-43(29-18-13-11-9-7-5-2)31-39-33(3)40(35-26-24-34(32-44)25-27-35)48-41(47-39)36-20-19-21-37(30-36)42-49(45,46)38-22-15-14-16-23-38/h14-16,19-27,30,33,39-42,44H,4-13,17-18,28-29,31-32H2,1-3H3/t33-,39+,40+,41+/m1/s1. The third kappa shape index (κ3) is 12.5. The average molecular weight is 693 g/mol. The molecule has 4 atom stereocenters. The number of aliphatic hydroxyl groups excluding tert-OH is 1. The number of nitrogens with one attached hydrogen (secondary N) is 1. The molecule has 49 heavy (non-hydrogen) atoms.